The number of esters is 1. The average Bonchev–Trinajstić information content (AvgIpc) is 2.47. The van der Waals surface area contributed by atoms with Crippen LogP contribution in [-0.2, 0) is 25.7 Å². The maximum absolute atomic E-state index is 14.1. The van der Waals surface area contributed by atoms with Crippen molar-refractivity contribution >= 4 is 16.0 Å². The van der Waals surface area contributed by atoms with E-state index < -0.39 is 62.8 Å². The number of halogens is 7. The zero-order valence-corrected chi connectivity index (χ0v) is 14.4. The second-order valence-corrected chi connectivity index (χ2v) is 8.27. The Morgan fingerprint density at radius 2 is 1.79 bits per heavy atom. The molecule has 1 spiro atoms. The molecule has 1 aromatic rings. The van der Waals surface area contributed by atoms with Crippen LogP contribution in [0.25, 0.3) is 0 Å². The Morgan fingerprint density at radius 1 is 1.18 bits per heavy atom. The second-order valence-electron chi connectivity index (χ2n) is 6.41. The van der Waals surface area contributed by atoms with E-state index in [2.05, 4.69) is 10.1 Å². The van der Waals surface area contributed by atoms with E-state index in [1.165, 1.54) is 0 Å². The molecule has 28 heavy (non-hydrogen) atoms. The molecule has 1 N–H and O–H groups in total. The van der Waals surface area contributed by atoms with E-state index in [4.69, 9.17) is 0 Å². The number of benzene rings is 1. The van der Waals surface area contributed by atoms with Crippen LogP contribution in [0.2, 0.25) is 0 Å². The minimum atomic E-state index is -5.39. The van der Waals surface area contributed by atoms with Gasteiger partial charge in [-0.15, -0.1) is 0 Å². The number of hydrogen-bond donors (Lipinski definition) is 1. The quantitative estimate of drug-likeness (QED) is 0.579. The number of carbonyl (C=O) groups excluding carboxylic acids is 1. The first-order valence-electron chi connectivity index (χ1n) is 7.56. The van der Waals surface area contributed by atoms with Crippen molar-refractivity contribution in [2.24, 2.45) is 5.41 Å². The monoisotopic (exact) mass is 436 g/mol. The first kappa shape index (κ1) is 20.8. The first-order valence-corrected chi connectivity index (χ1v) is 9.00. The predicted octanol–water partition coefficient (Wildman–Crippen LogP) is 1.87. The number of carbonyl (C=O) groups is 1. The second kappa shape index (κ2) is 6.29. The van der Waals surface area contributed by atoms with E-state index in [-0.39, 0.29) is 19.2 Å². The van der Waals surface area contributed by atoms with Crippen LogP contribution in [0.1, 0.15) is 5.56 Å². The lowest BCUT2D eigenvalue weighted by molar-refractivity contribution is -0.243. The molecule has 14 heteroatoms. The van der Waals surface area contributed by atoms with Crippen molar-refractivity contribution in [3.63, 3.8) is 0 Å². The molecule has 0 saturated carbocycles. The molecule has 0 aliphatic carbocycles. The van der Waals surface area contributed by atoms with Crippen molar-refractivity contribution in [2.45, 2.75) is 23.5 Å². The van der Waals surface area contributed by atoms with Gasteiger partial charge in [-0.3, -0.25) is 0 Å². The Morgan fingerprint density at radius 3 is 2.21 bits per heavy atom. The number of nitrogens with zero attached hydrogens (tertiary/aromatic N) is 1. The van der Waals surface area contributed by atoms with Crippen LogP contribution in [0.3, 0.4) is 0 Å². The molecule has 2 heterocycles. The molecule has 2 saturated heterocycles. The van der Waals surface area contributed by atoms with Gasteiger partial charge in [0.2, 0.25) is 10.0 Å². The van der Waals surface area contributed by atoms with Crippen molar-refractivity contribution in [1.29, 1.82) is 0 Å². The molecule has 0 radical (unpaired) electrons. The third-order valence-corrected chi connectivity index (χ3v) is 6.33. The molecular formula is C14H11F7N2O4S. The van der Waals surface area contributed by atoms with Crippen LogP contribution in [-0.4, -0.2) is 50.7 Å². The Labute approximate surface area is 153 Å². The minimum absolute atomic E-state index is 0.0376. The van der Waals surface area contributed by atoms with E-state index in [1.807, 2.05) is 0 Å². The van der Waals surface area contributed by atoms with Crippen molar-refractivity contribution < 1.29 is 48.7 Å². The summed E-state index contributed by atoms with van der Waals surface area (Å²) in [5.74, 6) is -4.36. The average molecular weight is 436 g/mol. The van der Waals surface area contributed by atoms with Gasteiger partial charge in [0, 0.05) is 19.6 Å². The lowest BCUT2D eigenvalue weighted by Crippen LogP contribution is -2.78. The third kappa shape index (κ3) is 3.33. The van der Waals surface area contributed by atoms with Crippen LogP contribution < -0.4 is 5.32 Å². The van der Waals surface area contributed by atoms with Gasteiger partial charge in [0.15, 0.2) is 6.23 Å². The summed E-state index contributed by atoms with van der Waals surface area (Å²) >= 11 is 0. The minimum Gasteiger partial charge on any atom is -0.438 e. The van der Waals surface area contributed by atoms with Crippen LogP contribution in [0.4, 0.5) is 30.7 Å². The smallest absolute Gasteiger partial charge is 0.438 e. The molecule has 1 atom stereocenters. The fourth-order valence-electron chi connectivity index (χ4n) is 2.97. The zero-order valence-electron chi connectivity index (χ0n) is 13.6. The van der Waals surface area contributed by atoms with Gasteiger partial charge >= 0.3 is 18.3 Å². The highest BCUT2D eigenvalue weighted by atomic mass is 32.2. The molecule has 0 amide bonds. The van der Waals surface area contributed by atoms with Gasteiger partial charge in [-0.05, 0) is 18.2 Å². The van der Waals surface area contributed by atoms with E-state index in [1.54, 1.807) is 0 Å². The van der Waals surface area contributed by atoms with E-state index in [0.29, 0.717) is 16.4 Å². The van der Waals surface area contributed by atoms with Gasteiger partial charge in [-0.25, -0.2) is 17.6 Å². The molecule has 2 aliphatic heterocycles. The van der Waals surface area contributed by atoms with E-state index in [9.17, 15) is 43.9 Å². The largest absolute Gasteiger partial charge is 0.490 e. The van der Waals surface area contributed by atoms with Crippen LogP contribution in [0, 0.1) is 11.2 Å². The number of hydrogen-bond acceptors (Lipinski definition) is 5. The SMILES string of the molecule is O=C(OC1N(S(=O)(=O)c2ccc(C(F)(F)F)cc2F)CC12CNC2)C(F)(F)F. The summed E-state index contributed by atoms with van der Waals surface area (Å²) in [6.07, 6.45) is -12.2. The van der Waals surface area contributed by atoms with Crippen molar-refractivity contribution in [2.75, 3.05) is 19.6 Å². The van der Waals surface area contributed by atoms with Gasteiger partial charge in [-0.1, -0.05) is 0 Å². The summed E-state index contributed by atoms with van der Waals surface area (Å²) in [4.78, 5) is 9.97. The topological polar surface area (TPSA) is 75.7 Å². The molecule has 2 fully saturated rings. The summed E-state index contributed by atoms with van der Waals surface area (Å²) in [6.45, 7) is -0.298. The number of rotatable bonds is 3. The van der Waals surface area contributed by atoms with Gasteiger partial charge in [-0.2, -0.15) is 30.6 Å². The maximum Gasteiger partial charge on any atom is 0.490 e. The number of ether oxygens (including phenoxy) is 1. The van der Waals surface area contributed by atoms with Crippen LogP contribution >= 0.6 is 0 Å². The number of alkyl halides is 6. The highest BCUT2D eigenvalue weighted by Crippen LogP contribution is 2.46. The predicted molar refractivity (Wildman–Crippen MR) is 76.5 cm³/mol. The van der Waals surface area contributed by atoms with Crippen LogP contribution in [0.5, 0.6) is 0 Å². The number of sulfonamides is 1. The van der Waals surface area contributed by atoms with E-state index in [0.717, 1.165) is 0 Å². The fraction of sp³-hybridized carbons (Fsp3) is 0.500. The highest BCUT2D eigenvalue weighted by molar-refractivity contribution is 7.89. The summed E-state index contributed by atoms with van der Waals surface area (Å²) in [5, 5.41) is 2.70. The normalized spacial score (nSPS) is 22.5. The molecule has 1 unspecified atom stereocenters. The maximum atomic E-state index is 14.1. The number of nitrogens with one attached hydrogen (secondary N) is 1. The van der Waals surface area contributed by atoms with Gasteiger partial charge in [0.1, 0.15) is 10.7 Å². The molecule has 6 nitrogen and oxygen atoms in total. The summed E-state index contributed by atoms with van der Waals surface area (Å²) in [7, 11) is -4.86. The molecule has 1 aromatic carbocycles. The first-order chi connectivity index (χ1) is 12.7. The Bertz CT molecular complexity index is 909. The summed E-state index contributed by atoms with van der Waals surface area (Å²) in [5.41, 5.74) is -2.55. The summed E-state index contributed by atoms with van der Waals surface area (Å²) < 4.78 is 119. The molecule has 0 bridgehead atoms. The third-order valence-electron chi connectivity index (χ3n) is 4.51. The van der Waals surface area contributed by atoms with E-state index >= 15 is 0 Å². The highest BCUT2D eigenvalue weighted by Gasteiger charge is 2.64. The van der Waals surface area contributed by atoms with Crippen molar-refractivity contribution in [1.82, 2.24) is 9.62 Å². The molecule has 3 rings (SSSR count). The van der Waals surface area contributed by atoms with Gasteiger partial charge in [0.25, 0.3) is 0 Å². The Balaban J connectivity index is 1.92. The van der Waals surface area contributed by atoms with Crippen LogP contribution in [0.15, 0.2) is 23.1 Å². The lowest BCUT2D eigenvalue weighted by atomic mass is 9.74. The standard InChI is InChI=1S/C14H11F7N2O4S/c15-8-3-7(13(16,17)18)1-2-9(8)28(25,26)23-6-12(4-22-5-12)10(23)27-11(24)14(19,20)21/h1-3,10,22H,4-6H2. The molecule has 0 aromatic heterocycles. The van der Waals surface area contributed by atoms with Crippen molar-refractivity contribution in [3.05, 3.63) is 29.6 Å². The zero-order chi connectivity index (χ0) is 21.1. The lowest BCUT2D eigenvalue weighted by Gasteiger charge is -2.59. The Kier molecular flexibility index (Phi) is 4.67. The molecule has 2 aliphatic rings. The van der Waals surface area contributed by atoms with Gasteiger partial charge in [0.05, 0.1) is 11.0 Å². The Hall–Kier alpha value is -1.93. The fourth-order valence-corrected chi connectivity index (χ4v) is 4.72. The molecular weight excluding hydrogens is 425 g/mol. The van der Waals surface area contributed by atoms with Crippen molar-refractivity contribution in [3.8, 4) is 0 Å². The summed E-state index contributed by atoms with van der Waals surface area (Å²) in [6, 6.07) is 0.650. The molecule has 156 valence electrons. The van der Waals surface area contributed by atoms with Gasteiger partial charge < -0.3 is 10.1 Å².